The molecule has 0 unspecified atom stereocenters. The Morgan fingerprint density at radius 3 is 2.47 bits per heavy atom. The van der Waals surface area contributed by atoms with E-state index in [4.69, 9.17) is 4.74 Å². The molecule has 0 heterocycles. The first-order valence-electron chi connectivity index (χ1n) is 6.09. The predicted molar refractivity (Wildman–Crippen MR) is 69.0 cm³/mol. The van der Waals surface area contributed by atoms with E-state index in [2.05, 4.69) is 36.5 Å². The number of methoxy groups -OCH3 is 1. The molecule has 0 fully saturated rings. The van der Waals surface area contributed by atoms with Crippen molar-refractivity contribution < 1.29 is 9.53 Å². The smallest absolute Gasteiger partial charge is 0.220 e. The van der Waals surface area contributed by atoms with E-state index in [0.29, 0.717) is 19.6 Å². The quantitative estimate of drug-likeness (QED) is 0.733. The monoisotopic (exact) mass is 235 g/mol. The zero-order chi connectivity index (χ0) is 12.5. The Labute approximate surface area is 103 Å². The van der Waals surface area contributed by atoms with Crippen LogP contribution in [0, 0.1) is 0 Å². The average Bonchev–Trinajstić information content (AvgIpc) is 2.37. The molecule has 17 heavy (non-hydrogen) atoms. The molecule has 0 aromatic heterocycles. The SMILES string of the molecule is CCc1ccc(CCC(=O)NCCOC)cc1. The summed E-state index contributed by atoms with van der Waals surface area (Å²) in [5.74, 6) is 0.0848. The van der Waals surface area contributed by atoms with Gasteiger partial charge in [-0.1, -0.05) is 31.2 Å². The summed E-state index contributed by atoms with van der Waals surface area (Å²) in [7, 11) is 1.63. The van der Waals surface area contributed by atoms with Crippen molar-refractivity contribution in [2.24, 2.45) is 0 Å². The summed E-state index contributed by atoms with van der Waals surface area (Å²) >= 11 is 0. The molecule has 0 saturated carbocycles. The minimum absolute atomic E-state index is 0.0848. The lowest BCUT2D eigenvalue weighted by molar-refractivity contribution is -0.121. The zero-order valence-corrected chi connectivity index (χ0v) is 10.7. The van der Waals surface area contributed by atoms with Crippen LogP contribution in [-0.4, -0.2) is 26.2 Å². The number of hydrogen-bond donors (Lipinski definition) is 1. The summed E-state index contributed by atoms with van der Waals surface area (Å²) in [5.41, 5.74) is 2.54. The number of ether oxygens (including phenoxy) is 1. The van der Waals surface area contributed by atoms with E-state index < -0.39 is 0 Å². The van der Waals surface area contributed by atoms with Gasteiger partial charge in [0.1, 0.15) is 0 Å². The van der Waals surface area contributed by atoms with Gasteiger partial charge in [-0.25, -0.2) is 0 Å². The van der Waals surface area contributed by atoms with Crippen LogP contribution < -0.4 is 5.32 Å². The van der Waals surface area contributed by atoms with Gasteiger partial charge >= 0.3 is 0 Å². The lowest BCUT2D eigenvalue weighted by Crippen LogP contribution is -2.27. The summed E-state index contributed by atoms with van der Waals surface area (Å²) in [6.07, 6.45) is 2.38. The van der Waals surface area contributed by atoms with Gasteiger partial charge in [0.2, 0.25) is 5.91 Å². The fraction of sp³-hybridized carbons (Fsp3) is 0.500. The van der Waals surface area contributed by atoms with Crippen LogP contribution in [0.3, 0.4) is 0 Å². The van der Waals surface area contributed by atoms with Gasteiger partial charge in [-0.15, -0.1) is 0 Å². The van der Waals surface area contributed by atoms with Crippen LogP contribution in [0.4, 0.5) is 0 Å². The third-order valence-corrected chi connectivity index (χ3v) is 2.70. The zero-order valence-electron chi connectivity index (χ0n) is 10.7. The van der Waals surface area contributed by atoms with E-state index in [1.54, 1.807) is 7.11 Å². The molecule has 0 spiro atoms. The number of hydrogen-bond acceptors (Lipinski definition) is 2. The Balaban J connectivity index is 2.27. The molecule has 1 amide bonds. The lowest BCUT2D eigenvalue weighted by atomic mass is 10.1. The maximum absolute atomic E-state index is 11.4. The highest BCUT2D eigenvalue weighted by Crippen LogP contribution is 2.07. The van der Waals surface area contributed by atoms with Crippen LogP contribution in [0.5, 0.6) is 0 Å². The maximum Gasteiger partial charge on any atom is 0.220 e. The van der Waals surface area contributed by atoms with Gasteiger partial charge in [0, 0.05) is 20.1 Å². The number of carbonyl (C=O) groups is 1. The number of amides is 1. The molecule has 3 nitrogen and oxygen atoms in total. The van der Waals surface area contributed by atoms with Crippen molar-refractivity contribution in [2.75, 3.05) is 20.3 Å². The van der Waals surface area contributed by atoms with Crippen molar-refractivity contribution >= 4 is 5.91 Å². The molecule has 0 radical (unpaired) electrons. The molecule has 94 valence electrons. The largest absolute Gasteiger partial charge is 0.383 e. The summed E-state index contributed by atoms with van der Waals surface area (Å²) in [4.78, 5) is 11.4. The topological polar surface area (TPSA) is 38.3 Å². The van der Waals surface area contributed by atoms with E-state index in [-0.39, 0.29) is 5.91 Å². The van der Waals surface area contributed by atoms with Crippen molar-refractivity contribution in [2.45, 2.75) is 26.2 Å². The summed E-state index contributed by atoms with van der Waals surface area (Å²) in [6.45, 7) is 3.29. The Morgan fingerprint density at radius 1 is 1.24 bits per heavy atom. The van der Waals surface area contributed by atoms with E-state index in [9.17, 15) is 4.79 Å². The molecule has 0 aliphatic heterocycles. The van der Waals surface area contributed by atoms with Crippen LogP contribution in [0.2, 0.25) is 0 Å². The first-order valence-corrected chi connectivity index (χ1v) is 6.09. The number of benzene rings is 1. The fourth-order valence-electron chi connectivity index (χ4n) is 1.58. The molecule has 1 rings (SSSR count). The van der Waals surface area contributed by atoms with Gasteiger partial charge in [0.25, 0.3) is 0 Å². The Hall–Kier alpha value is -1.35. The Kier molecular flexibility index (Phi) is 6.33. The van der Waals surface area contributed by atoms with Crippen molar-refractivity contribution in [3.05, 3.63) is 35.4 Å². The lowest BCUT2D eigenvalue weighted by Gasteiger charge is -2.05. The number of aryl methyl sites for hydroxylation is 2. The van der Waals surface area contributed by atoms with Gasteiger partial charge in [0.15, 0.2) is 0 Å². The molecule has 0 aliphatic carbocycles. The molecule has 0 saturated heterocycles. The second-order valence-corrected chi connectivity index (χ2v) is 4.01. The third kappa shape index (κ3) is 5.50. The molecular weight excluding hydrogens is 214 g/mol. The van der Waals surface area contributed by atoms with Crippen LogP contribution in [-0.2, 0) is 22.4 Å². The highest BCUT2D eigenvalue weighted by molar-refractivity contribution is 5.76. The predicted octanol–water partition coefficient (Wildman–Crippen LogP) is 1.94. The maximum atomic E-state index is 11.4. The molecular formula is C14H21NO2. The van der Waals surface area contributed by atoms with Crippen LogP contribution in [0.15, 0.2) is 24.3 Å². The van der Waals surface area contributed by atoms with Gasteiger partial charge in [0.05, 0.1) is 6.61 Å². The van der Waals surface area contributed by atoms with Gasteiger partial charge in [-0.2, -0.15) is 0 Å². The first kappa shape index (κ1) is 13.7. The Bertz CT molecular complexity index is 333. The van der Waals surface area contributed by atoms with Crippen molar-refractivity contribution in [3.63, 3.8) is 0 Å². The van der Waals surface area contributed by atoms with Crippen LogP contribution in [0.25, 0.3) is 0 Å². The normalized spacial score (nSPS) is 10.2. The molecule has 0 bridgehead atoms. The summed E-state index contributed by atoms with van der Waals surface area (Å²) in [5, 5.41) is 2.81. The summed E-state index contributed by atoms with van der Waals surface area (Å²) in [6, 6.07) is 8.44. The fourth-order valence-corrected chi connectivity index (χ4v) is 1.58. The van der Waals surface area contributed by atoms with Gasteiger partial charge in [-0.3, -0.25) is 4.79 Å². The number of carbonyl (C=O) groups excluding carboxylic acids is 1. The van der Waals surface area contributed by atoms with Gasteiger partial charge < -0.3 is 10.1 Å². The standard InChI is InChI=1S/C14H21NO2/c1-3-12-4-6-13(7-5-12)8-9-14(16)15-10-11-17-2/h4-7H,3,8-11H2,1-2H3,(H,15,16). The molecule has 0 atom stereocenters. The average molecular weight is 235 g/mol. The summed E-state index contributed by atoms with van der Waals surface area (Å²) < 4.78 is 4.87. The molecule has 1 aromatic rings. The van der Waals surface area contributed by atoms with Crippen LogP contribution in [0.1, 0.15) is 24.5 Å². The molecule has 1 aromatic carbocycles. The van der Waals surface area contributed by atoms with E-state index in [0.717, 1.165) is 12.8 Å². The van der Waals surface area contributed by atoms with Gasteiger partial charge in [-0.05, 0) is 24.0 Å². The highest BCUT2D eigenvalue weighted by atomic mass is 16.5. The minimum Gasteiger partial charge on any atom is -0.383 e. The van der Waals surface area contributed by atoms with Crippen molar-refractivity contribution in [1.29, 1.82) is 0 Å². The number of rotatable bonds is 7. The minimum atomic E-state index is 0.0848. The molecule has 3 heteroatoms. The van der Waals surface area contributed by atoms with E-state index >= 15 is 0 Å². The third-order valence-electron chi connectivity index (χ3n) is 2.70. The van der Waals surface area contributed by atoms with E-state index in [1.165, 1.54) is 11.1 Å². The number of nitrogens with one attached hydrogen (secondary N) is 1. The van der Waals surface area contributed by atoms with E-state index in [1.807, 2.05) is 0 Å². The molecule has 1 N–H and O–H groups in total. The molecule has 0 aliphatic rings. The Morgan fingerprint density at radius 2 is 1.88 bits per heavy atom. The second kappa shape index (κ2) is 7.85. The second-order valence-electron chi connectivity index (χ2n) is 4.01. The first-order chi connectivity index (χ1) is 8.26. The highest BCUT2D eigenvalue weighted by Gasteiger charge is 2.01. The van der Waals surface area contributed by atoms with Crippen LogP contribution >= 0.6 is 0 Å². The van der Waals surface area contributed by atoms with Crippen molar-refractivity contribution in [3.8, 4) is 0 Å². The van der Waals surface area contributed by atoms with Crippen molar-refractivity contribution in [1.82, 2.24) is 5.32 Å².